The number of aliphatic carboxylic acids is 1. The summed E-state index contributed by atoms with van der Waals surface area (Å²) in [5, 5.41) is 26.7. The molecule has 0 fully saturated rings. The number of ether oxygens (including phenoxy) is 1. The van der Waals surface area contributed by atoms with E-state index in [4.69, 9.17) is 14.9 Å². The number of carboxylic acids is 1. The van der Waals surface area contributed by atoms with Gasteiger partial charge in [-0.1, -0.05) is 6.07 Å². The van der Waals surface area contributed by atoms with Crippen LogP contribution in [-0.4, -0.2) is 40.3 Å². The van der Waals surface area contributed by atoms with E-state index in [1.54, 1.807) is 0 Å². The van der Waals surface area contributed by atoms with Crippen molar-refractivity contribution in [2.24, 2.45) is 0 Å². The molecule has 1 unspecified atom stereocenters. The zero-order valence-electron chi connectivity index (χ0n) is 8.87. The summed E-state index contributed by atoms with van der Waals surface area (Å²) in [6, 6.07) is 4.08. The van der Waals surface area contributed by atoms with Gasteiger partial charge in [0.05, 0.1) is 0 Å². The Hall–Kier alpha value is -2.08. The van der Waals surface area contributed by atoms with Crippen LogP contribution >= 0.6 is 0 Å². The molecule has 0 saturated carbocycles. The molecule has 0 spiro atoms. The van der Waals surface area contributed by atoms with Gasteiger partial charge in [-0.25, -0.2) is 4.79 Å². The van der Waals surface area contributed by atoms with Gasteiger partial charge in [-0.3, -0.25) is 0 Å². The molecule has 0 bridgehead atoms. The van der Waals surface area contributed by atoms with Gasteiger partial charge in [0.1, 0.15) is 19.0 Å². The number of aromatic hydroxyl groups is 2. The van der Waals surface area contributed by atoms with Crippen LogP contribution < -0.4 is 0 Å². The van der Waals surface area contributed by atoms with Crippen molar-refractivity contribution in [1.82, 2.24) is 0 Å². The number of aldehydes is 1. The van der Waals surface area contributed by atoms with E-state index >= 15 is 0 Å². The minimum absolute atomic E-state index is 0.130. The molecular weight excluding hydrogens is 228 g/mol. The number of hydrogen-bond donors (Lipinski definition) is 3. The van der Waals surface area contributed by atoms with Gasteiger partial charge in [-0.05, 0) is 17.7 Å². The van der Waals surface area contributed by atoms with Gasteiger partial charge < -0.3 is 24.9 Å². The first kappa shape index (κ1) is 13.0. The zero-order valence-corrected chi connectivity index (χ0v) is 8.87. The summed E-state index contributed by atoms with van der Waals surface area (Å²) >= 11 is 0. The molecule has 1 aromatic rings. The smallest absolute Gasteiger partial charge is 0.329 e. The summed E-state index contributed by atoms with van der Waals surface area (Å²) in [5.74, 6) is -1.72. The largest absolute Gasteiger partial charge is 0.504 e. The summed E-state index contributed by atoms with van der Waals surface area (Å²) in [7, 11) is 0. The van der Waals surface area contributed by atoms with Crippen LogP contribution in [0.4, 0.5) is 0 Å². The maximum atomic E-state index is 10.6. The van der Waals surface area contributed by atoms with E-state index < -0.39 is 18.7 Å². The molecule has 6 nitrogen and oxygen atoms in total. The summed E-state index contributed by atoms with van der Waals surface area (Å²) in [6.07, 6.45) is -0.271. The van der Waals surface area contributed by atoms with E-state index in [0.29, 0.717) is 11.8 Å². The van der Waals surface area contributed by atoms with Gasteiger partial charge in [0.15, 0.2) is 11.5 Å². The standard InChI is InChI=1S/C11H12O6/c12-5-8(17-6-11(15)16)3-7-1-2-9(13)10(14)4-7/h1-2,4-5,8,13-14H,3,6H2,(H,15,16). The van der Waals surface area contributed by atoms with E-state index in [1.165, 1.54) is 18.2 Å². The average Bonchev–Trinajstić information content (AvgIpc) is 2.28. The fourth-order valence-corrected chi connectivity index (χ4v) is 1.25. The topological polar surface area (TPSA) is 104 Å². The Labute approximate surface area is 97.1 Å². The van der Waals surface area contributed by atoms with Gasteiger partial charge >= 0.3 is 5.97 Å². The first-order valence-electron chi connectivity index (χ1n) is 4.82. The van der Waals surface area contributed by atoms with Crippen LogP contribution in [0.3, 0.4) is 0 Å². The first-order valence-corrected chi connectivity index (χ1v) is 4.82. The van der Waals surface area contributed by atoms with E-state index in [-0.39, 0.29) is 17.9 Å². The van der Waals surface area contributed by atoms with E-state index in [1.807, 2.05) is 0 Å². The third-order valence-corrected chi connectivity index (χ3v) is 2.05. The highest BCUT2D eigenvalue weighted by molar-refractivity contribution is 5.68. The monoisotopic (exact) mass is 240 g/mol. The lowest BCUT2D eigenvalue weighted by atomic mass is 10.1. The maximum Gasteiger partial charge on any atom is 0.329 e. The van der Waals surface area contributed by atoms with Crippen LogP contribution in [0.1, 0.15) is 5.56 Å². The minimum atomic E-state index is -1.16. The van der Waals surface area contributed by atoms with Crippen molar-refractivity contribution >= 4 is 12.3 Å². The number of benzene rings is 1. The highest BCUT2D eigenvalue weighted by Crippen LogP contribution is 2.25. The molecule has 3 N–H and O–H groups in total. The fourth-order valence-electron chi connectivity index (χ4n) is 1.25. The third kappa shape index (κ3) is 4.12. The van der Waals surface area contributed by atoms with Crippen LogP contribution in [-0.2, 0) is 20.7 Å². The SMILES string of the molecule is O=CC(Cc1ccc(O)c(O)c1)OCC(=O)O. The van der Waals surface area contributed by atoms with Gasteiger partial charge in [0.2, 0.25) is 0 Å². The molecule has 0 aliphatic heterocycles. The Kier molecular flexibility index (Phi) is 4.47. The highest BCUT2D eigenvalue weighted by Gasteiger charge is 2.12. The van der Waals surface area contributed by atoms with Crippen molar-refractivity contribution in [3.8, 4) is 11.5 Å². The van der Waals surface area contributed by atoms with Gasteiger partial charge in [-0.15, -0.1) is 0 Å². The second-order valence-corrected chi connectivity index (χ2v) is 3.41. The molecule has 92 valence electrons. The Balaban J connectivity index is 2.63. The van der Waals surface area contributed by atoms with Gasteiger partial charge in [-0.2, -0.15) is 0 Å². The van der Waals surface area contributed by atoms with Crippen molar-refractivity contribution in [1.29, 1.82) is 0 Å². The molecule has 0 aromatic heterocycles. The molecule has 6 heteroatoms. The lowest BCUT2D eigenvalue weighted by molar-refractivity contribution is -0.145. The van der Waals surface area contributed by atoms with E-state index in [9.17, 15) is 14.7 Å². The number of phenolic OH excluding ortho intramolecular Hbond substituents is 2. The number of rotatable bonds is 6. The maximum absolute atomic E-state index is 10.6. The van der Waals surface area contributed by atoms with Crippen LogP contribution in [0.15, 0.2) is 18.2 Å². The summed E-state index contributed by atoms with van der Waals surface area (Å²) in [5.41, 5.74) is 0.558. The van der Waals surface area contributed by atoms with Crippen LogP contribution in [0, 0.1) is 0 Å². The molecular formula is C11H12O6. The van der Waals surface area contributed by atoms with Crippen molar-refractivity contribution in [3.63, 3.8) is 0 Å². The van der Waals surface area contributed by atoms with Gasteiger partial charge in [0.25, 0.3) is 0 Å². The molecule has 0 amide bonds. The lowest BCUT2D eigenvalue weighted by Crippen LogP contribution is -2.21. The predicted octanol–water partition coefficient (Wildman–Crippen LogP) is 0.309. The van der Waals surface area contributed by atoms with Crippen molar-refractivity contribution in [2.45, 2.75) is 12.5 Å². The van der Waals surface area contributed by atoms with Crippen LogP contribution in [0.2, 0.25) is 0 Å². The number of hydrogen-bond acceptors (Lipinski definition) is 5. The van der Waals surface area contributed by atoms with Crippen LogP contribution in [0.5, 0.6) is 11.5 Å². The fraction of sp³-hybridized carbons (Fsp3) is 0.273. The summed E-state index contributed by atoms with van der Waals surface area (Å²) in [4.78, 5) is 20.9. The molecule has 0 heterocycles. The molecule has 0 aliphatic carbocycles. The molecule has 1 rings (SSSR count). The molecule has 0 aliphatic rings. The summed E-state index contributed by atoms with van der Waals surface area (Å²) in [6.45, 7) is -0.562. The molecule has 1 aromatic carbocycles. The minimum Gasteiger partial charge on any atom is -0.504 e. The van der Waals surface area contributed by atoms with Crippen molar-refractivity contribution in [2.75, 3.05) is 6.61 Å². The average molecular weight is 240 g/mol. The molecule has 0 radical (unpaired) electrons. The van der Waals surface area contributed by atoms with Crippen molar-refractivity contribution in [3.05, 3.63) is 23.8 Å². The normalized spacial score (nSPS) is 12.0. The van der Waals surface area contributed by atoms with Crippen molar-refractivity contribution < 1.29 is 29.6 Å². The second-order valence-electron chi connectivity index (χ2n) is 3.41. The number of carbonyl (C=O) groups is 2. The van der Waals surface area contributed by atoms with Gasteiger partial charge in [0, 0.05) is 6.42 Å². The van der Waals surface area contributed by atoms with Crippen LogP contribution in [0.25, 0.3) is 0 Å². The Morgan fingerprint density at radius 1 is 1.35 bits per heavy atom. The first-order chi connectivity index (χ1) is 8.02. The lowest BCUT2D eigenvalue weighted by Gasteiger charge is -2.10. The number of phenols is 2. The zero-order chi connectivity index (χ0) is 12.8. The summed E-state index contributed by atoms with van der Waals surface area (Å²) < 4.78 is 4.82. The quantitative estimate of drug-likeness (QED) is 0.488. The Morgan fingerprint density at radius 2 is 2.06 bits per heavy atom. The third-order valence-electron chi connectivity index (χ3n) is 2.05. The van der Waals surface area contributed by atoms with E-state index in [2.05, 4.69) is 0 Å². The van der Waals surface area contributed by atoms with E-state index in [0.717, 1.165) is 0 Å². The molecule has 17 heavy (non-hydrogen) atoms. The molecule has 1 atom stereocenters. The number of carbonyl (C=O) groups excluding carboxylic acids is 1. The number of carboxylic acid groups (broad SMARTS) is 1. The Bertz CT molecular complexity index is 414. The molecule has 0 saturated heterocycles. The Morgan fingerprint density at radius 3 is 2.59 bits per heavy atom. The highest BCUT2D eigenvalue weighted by atomic mass is 16.5. The predicted molar refractivity (Wildman–Crippen MR) is 56.9 cm³/mol. The second kappa shape index (κ2) is 5.86.